The standard InChI is InChI=1S/C14H15BrN2O2/c1-19-13-10(4-2-5-11(13)15)7-9-17-14(18)12-6-3-8-16-12/h2-6,8,16H,7,9H2,1H3,(H,17,18). The highest BCUT2D eigenvalue weighted by Crippen LogP contribution is 2.28. The molecule has 1 aromatic carbocycles. The number of benzene rings is 1. The van der Waals surface area contributed by atoms with E-state index in [2.05, 4.69) is 26.2 Å². The minimum absolute atomic E-state index is 0.0982. The van der Waals surface area contributed by atoms with Gasteiger partial charge in [0.15, 0.2) is 0 Å². The van der Waals surface area contributed by atoms with Crippen LogP contribution < -0.4 is 10.1 Å². The molecule has 1 heterocycles. The molecule has 0 radical (unpaired) electrons. The molecule has 5 heteroatoms. The summed E-state index contributed by atoms with van der Waals surface area (Å²) in [5.41, 5.74) is 1.63. The third-order valence-corrected chi connectivity index (χ3v) is 3.40. The van der Waals surface area contributed by atoms with Crippen molar-refractivity contribution in [2.45, 2.75) is 6.42 Å². The van der Waals surface area contributed by atoms with Gasteiger partial charge in [0.1, 0.15) is 11.4 Å². The molecule has 1 aromatic heterocycles. The van der Waals surface area contributed by atoms with E-state index in [1.807, 2.05) is 18.2 Å². The van der Waals surface area contributed by atoms with Crippen LogP contribution in [0.3, 0.4) is 0 Å². The summed E-state index contributed by atoms with van der Waals surface area (Å²) in [6, 6.07) is 9.42. The smallest absolute Gasteiger partial charge is 0.267 e. The normalized spacial score (nSPS) is 10.2. The Balaban J connectivity index is 1.93. The van der Waals surface area contributed by atoms with E-state index in [-0.39, 0.29) is 5.91 Å². The van der Waals surface area contributed by atoms with Gasteiger partial charge in [0.05, 0.1) is 11.6 Å². The van der Waals surface area contributed by atoms with Gasteiger partial charge in [0.2, 0.25) is 0 Å². The third kappa shape index (κ3) is 3.38. The molecule has 0 atom stereocenters. The van der Waals surface area contributed by atoms with E-state index in [1.165, 1.54) is 0 Å². The zero-order chi connectivity index (χ0) is 13.7. The van der Waals surface area contributed by atoms with Gasteiger partial charge in [-0.25, -0.2) is 0 Å². The number of hydrogen-bond acceptors (Lipinski definition) is 2. The zero-order valence-electron chi connectivity index (χ0n) is 10.6. The van der Waals surface area contributed by atoms with Gasteiger partial charge >= 0.3 is 0 Å². The first-order valence-corrected chi connectivity index (χ1v) is 6.74. The SMILES string of the molecule is COc1c(Br)cccc1CCNC(=O)c1ccc[nH]1. The molecule has 0 saturated heterocycles. The number of carbonyl (C=O) groups is 1. The number of para-hydroxylation sites is 1. The second-order valence-corrected chi connectivity index (χ2v) is 4.88. The third-order valence-electron chi connectivity index (χ3n) is 2.78. The van der Waals surface area contributed by atoms with Crippen molar-refractivity contribution in [3.8, 4) is 5.75 Å². The van der Waals surface area contributed by atoms with Crippen LogP contribution in [0, 0.1) is 0 Å². The largest absolute Gasteiger partial charge is 0.495 e. The summed E-state index contributed by atoms with van der Waals surface area (Å²) in [5.74, 6) is 0.718. The zero-order valence-corrected chi connectivity index (χ0v) is 12.2. The first kappa shape index (κ1) is 13.7. The van der Waals surface area contributed by atoms with Crippen molar-refractivity contribution in [3.05, 3.63) is 52.3 Å². The molecular weight excluding hydrogens is 308 g/mol. The molecule has 0 saturated carbocycles. The van der Waals surface area contributed by atoms with Crippen molar-refractivity contribution < 1.29 is 9.53 Å². The lowest BCUT2D eigenvalue weighted by Gasteiger charge is -2.10. The Kier molecular flexibility index (Phi) is 4.63. The first-order valence-electron chi connectivity index (χ1n) is 5.95. The minimum atomic E-state index is -0.0982. The predicted octanol–water partition coefficient (Wildman–Crippen LogP) is 2.76. The Labute approximate surface area is 120 Å². The van der Waals surface area contributed by atoms with Crippen molar-refractivity contribution in [1.29, 1.82) is 0 Å². The number of halogens is 1. The second-order valence-electron chi connectivity index (χ2n) is 4.02. The average molecular weight is 323 g/mol. The van der Waals surface area contributed by atoms with Crippen LogP contribution in [0.4, 0.5) is 0 Å². The van der Waals surface area contributed by atoms with Crippen LogP contribution in [-0.4, -0.2) is 24.5 Å². The number of nitrogens with one attached hydrogen (secondary N) is 2. The highest BCUT2D eigenvalue weighted by atomic mass is 79.9. The lowest BCUT2D eigenvalue weighted by Crippen LogP contribution is -2.26. The highest BCUT2D eigenvalue weighted by Gasteiger charge is 2.08. The van der Waals surface area contributed by atoms with Crippen molar-refractivity contribution >= 4 is 21.8 Å². The average Bonchev–Trinajstić information content (AvgIpc) is 2.93. The summed E-state index contributed by atoms with van der Waals surface area (Å²) in [5, 5.41) is 2.86. The maximum atomic E-state index is 11.7. The summed E-state index contributed by atoms with van der Waals surface area (Å²) in [4.78, 5) is 14.6. The van der Waals surface area contributed by atoms with Gasteiger partial charge in [0.25, 0.3) is 5.91 Å². The van der Waals surface area contributed by atoms with Crippen LogP contribution in [0.25, 0.3) is 0 Å². The van der Waals surface area contributed by atoms with Gasteiger partial charge in [-0.05, 0) is 46.1 Å². The molecule has 2 aromatic rings. The van der Waals surface area contributed by atoms with Gasteiger partial charge < -0.3 is 15.0 Å². The van der Waals surface area contributed by atoms with E-state index in [9.17, 15) is 4.79 Å². The summed E-state index contributed by atoms with van der Waals surface area (Å²) in [7, 11) is 1.64. The van der Waals surface area contributed by atoms with E-state index in [0.29, 0.717) is 12.2 Å². The minimum Gasteiger partial charge on any atom is -0.495 e. The summed E-state index contributed by atoms with van der Waals surface area (Å²) >= 11 is 3.44. The number of ether oxygens (including phenoxy) is 1. The molecule has 0 bridgehead atoms. The van der Waals surface area contributed by atoms with Crippen LogP contribution in [0.5, 0.6) is 5.75 Å². The van der Waals surface area contributed by atoms with E-state index < -0.39 is 0 Å². The lowest BCUT2D eigenvalue weighted by molar-refractivity contribution is 0.0949. The van der Waals surface area contributed by atoms with Gasteiger partial charge in [-0.3, -0.25) is 4.79 Å². The van der Waals surface area contributed by atoms with E-state index >= 15 is 0 Å². The summed E-state index contributed by atoms with van der Waals surface area (Å²) in [6.45, 7) is 0.560. The van der Waals surface area contributed by atoms with Crippen LogP contribution >= 0.6 is 15.9 Å². The van der Waals surface area contributed by atoms with Crippen LogP contribution in [0.1, 0.15) is 16.1 Å². The number of H-pyrrole nitrogens is 1. The molecule has 1 amide bonds. The quantitative estimate of drug-likeness (QED) is 0.889. The number of methoxy groups -OCH3 is 1. The Morgan fingerprint density at radius 3 is 2.89 bits per heavy atom. The van der Waals surface area contributed by atoms with Crippen molar-refractivity contribution in [2.24, 2.45) is 0 Å². The molecule has 19 heavy (non-hydrogen) atoms. The van der Waals surface area contributed by atoms with Crippen molar-refractivity contribution in [2.75, 3.05) is 13.7 Å². The lowest BCUT2D eigenvalue weighted by atomic mass is 10.1. The fraction of sp³-hybridized carbons (Fsp3) is 0.214. The Hall–Kier alpha value is -1.75. The van der Waals surface area contributed by atoms with Gasteiger partial charge in [-0.2, -0.15) is 0 Å². The van der Waals surface area contributed by atoms with Crippen LogP contribution in [0.15, 0.2) is 41.0 Å². The highest BCUT2D eigenvalue weighted by molar-refractivity contribution is 9.10. The summed E-state index contributed by atoms with van der Waals surface area (Å²) < 4.78 is 6.26. The molecule has 0 aliphatic carbocycles. The molecule has 2 rings (SSSR count). The number of carbonyl (C=O) groups excluding carboxylic acids is 1. The Bertz CT molecular complexity index is 553. The Morgan fingerprint density at radius 2 is 2.21 bits per heavy atom. The van der Waals surface area contributed by atoms with Gasteiger partial charge in [-0.15, -0.1) is 0 Å². The first-order chi connectivity index (χ1) is 9.22. The van der Waals surface area contributed by atoms with Gasteiger partial charge in [0, 0.05) is 12.7 Å². The summed E-state index contributed by atoms with van der Waals surface area (Å²) in [6.07, 6.45) is 2.45. The monoisotopic (exact) mass is 322 g/mol. The molecule has 4 nitrogen and oxygen atoms in total. The Morgan fingerprint density at radius 1 is 1.37 bits per heavy atom. The number of rotatable bonds is 5. The van der Waals surface area contributed by atoms with E-state index in [4.69, 9.17) is 4.74 Å². The van der Waals surface area contributed by atoms with E-state index in [1.54, 1.807) is 25.4 Å². The second kappa shape index (κ2) is 6.43. The number of amides is 1. The number of hydrogen-bond donors (Lipinski definition) is 2. The van der Waals surface area contributed by atoms with Crippen molar-refractivity contribution in [3.63, 3.8) is 0 Å². The maximum absolute atomic E-state index is 11.7. The molecule has 0 fully saturated rings. The van der Waals surface area contributed by atoms with Crippen molar-refractivity contribution in [1.82, 2.24) is 10.3 Å². The fourth-order valence-electron chi connectivity index (χ4n) is 1.86. The van der Waals surface area contributed by atoms with Crippen LogP contribution in [-0.2, 0) is 6.42 Å². The number of aromatic nitrogens is 1. The maximum Gasteiger partial charge on any atom is 0.267 e. The van der Waals surface area contributed by atoms with E-state index in [0.717, 1.165) is 22.2 Å². The number of aromatic amines is 1. The van der Waals surface area contributed by atoms with Gasteiger partial charge in [-0.1, -0.05) is 12.1 Å². The molecule has 0 aliphatic rings. The molecular formula is C14H15BrN2O2. The van der Waals surface area contributed by atoms with Crippen LogP contribution in [0.2, 0.25) is 0 Å². The molecule has 100 valence electrons. The topological polar surface area (TPSA) is 54.1 Å². The predicted molar refractivity (Wildman–Crippen MR) is 77.5 cm³/mol. The molecule has 0 unspecified atom stereocenters. The fourth-order valence-corrected chi connectivity index (χ4v) is 2.43. The molecule has 2 N–H and O–H groups in total. The molecule has 0 spiro atoms. The molecule has 0 aliphatic heterocycles.